The second-order valence-electron chi connectivity index (χ2n) is 7.26. The molecule has 2 fully saturated rings. The number of thioether (sulfide) groups is 1. The Balaban J connectivity index is 1.63. The predicted molar refractivity (Wildman–Crippen MR) is 92.3 cm³/mol. The molecule has 0 spiro atoms. The number of carbonyl (C=O) groups excluding carboxylic acids is 2. The molecule has 1 aromatic rings. The molecule has 1 aliphatic carbocycles. The smallest absolute Gasteiger partial charge is 0.232 e. The first-order chi connectivity index (χ1) is 10.7. The third kappa shape index (κ3) is 2.85. The van der Waals surface area contributed by atoms with Crippen molar-refractivity contribution >= 4 is 35.2 Å². The molecule has 6 heteroatoms. The average molecular weight is 353 g/mol. The highest BCUT2D eigenvalue weighted by Crippen LogP contribution is 2.62. The van der Waals surface area contributed by atoms with Gasteiger partial charge in [0.2, 0.25) is 11.8 Å². The van der Waals surface area contributed by atoms with Gasteiger partial charge in [0.15, 0.2) is 0 Å². The first-order valence-corrected chi connectivity index (χ1v) is 9.07. The molecule has 1 saturated heterocycles. The molecule has 0 unspecified atom stereocenters. The van der Waals surface area contributed by atoms with Crippen molar-refractivity contribution in [1.29, 1.82) is 0 Å². The number of benzene rings is 1. The van der Waals surface area contributed by atoms with Gasteiger partial charge < -0.3 is 10.6 Å². The van der Waals surface area contributed by atoms with Crippen molar-refractivity contribution in [3.63, 3.8) is 0 Å². The molecule has 4 nitrogen and oxygen atoms in total. The number of hydrogen-bond acceptors (Lipinski definition) is 3. The first-order valence-electron chi connectivity index (χ1n) is 7.71. The maximum Gasteiger partial charge on any atom is 0.232 e. The Morgan fingerprint density at radius 1 is 1.35 bits per heavy atom. The summed E-state index contributed by atoms with van der Waals surface area (Å²) in [6, 6.07) is 7.44. The number of likely N-dealkylation sites (tertiary alicyclic amines) is 1. The molecule has 1 aromatic carbocycles. The number of nitrogens with two attached hydrogens (primary N) is 1. The van der Waals surface area contributed by atoms with Crippen molar-refractivity contribution in [2.45, 2.75) is 25.2 Å². The number of rotatable bonds is 4. The molecule has 1 heterocycles. The van der Waals surface area contributed by atoms with E-state index in [0.717, 1.165) is 11.3 Å². The molecule has 2 aliphatic rings. The second kappa shape index (κ2) is 5.71. The SMILES string of the molecule is CC1(C)C[C@]2(C(N)=O)CN(C(=O)CSc3ccc(Cl)cc3)C[C@H]12. The maximum atomic E-state index is 12.5. The summed E-state index contributed by atoms with van der Waals surface area (Å²) >= 11 is 7.35. The van der Waals surface area contributed by atoms with Crippen molar-refractivity contribution < 1.29 is 9.59 Å². The van der Waals surface area contributed by atoms with Gasteiger partial charge in [-0.3, -0.25) is 9.59 Å². The molecule has 1 aliphatic heterocycles. The second-order valence-corrected chi connectivity index (χ2v) is 8.74. The van der Waals surface area contributed by atoms with Gasteiger partial charge in [-0.25, -0.2) is 0 Å². The predicted octanol–water partition coefficient (Wildman–Crippen LogP) is 2.79. The van der Waals surface area contributed by atoms with Crippen LogP contribution < -0.4 is 5.73 Å². The van der Waals surface area contributed by atoms with Gasteiger partial charge in [-0.05, 0) is 42.0 Å². The van der Waals surface area contributed by atoms with E-state index in [1.807, 2.05) is 29.2 Å². The summed E-state index contributed by atoms with van der Waals surface area (Å²) in [4.78, 5) is 27.2. The largest absolute Gasteiger partial charge is 0.369 e. The Labute approximate surface area is 145 Å². The Morgan fingerprint density at radius 2 is 2.00 bits per heavy atom. The minimum Gasteiger partial charge on any atom is -0.369 e. The highest BCUT2D eigenvalue weighted by molar-refractivity contribution is 8.00. The maximum absolute atomic E-state index is 12.5. The summed E-state index contributed by atoms with van der Waals surface area (Å²) in [6.45, 7) is 5.40. The molecule has 0 radical (unpaired) electrons. The zero-order chi connectivity index (χ0) is 16.8. The normalized spacial score (nSPS) is 28.1. The number of primary amides is 1. The van der Waals surface area contributed by atoms with Crippen LogP contribution in [0.4, 0.5) is 0 Å². The van der Waals surface area contributed by atoms with Gasteiger partial charge in [-0.15, -0.1) is 11.8 Å². The lowest BCUT2D eigenvalue weighted by atomic mass is 9.48. The van der Waals surface area contributed by atoms with Crippen molar-refractivity contribution in [2.75, 3.05) is 18.8 Å². The van der Waals surface area contributed by atoms with Gasteiger partial charge in [0.1, 0.15) is 0 Å². The first kappa shape index (κ1) is 16.7. The van der Waals surface area contributed by atoms with E-state index in [2.05, 4.69) is 13.8 Å². The molecule has 2 atom stereocenters. The van der Waals surface area contributed by atoms with E-state index in [4.69, 9.17) is 17.3 Å². The van der Waals surface area contributed by atoms with Gasteiger partial charge in [0.05, 0.1) is 11.2 Å². The fourth-order valence-electron chi connectivity index (χ4n) is 4.18. The topological polar surface area (TPSA) is 63.4 Å². The van der Waals surface area contributed by atoms with Gasteiger partial charge in [0, 0.05) is 23.0 Å². The van der Waals surface area contributed by atoms with E-state index in [9.17, 15) is 9.59 Å². The van der Waals surface area contributed by atoms with Crippen LogP contribution in [0.15, 0.2) is 29.2 Å². The zero-order valence-electron chi connectivity index (χ0n) is 13.3. The quantitative estimate of drug-likeness (QED) is 0.847. The highest BCUT2D eigenvalue weighted by Gasteiger charge is 2.66. The van der Waals surface area contributed by atoms with Crippen LogP contribution in [0.3, 0.4) is 0 Å². The minimum atomic E-state index is -0.510. The van der Waals surface area contributed by atoms with E-state index in [-0.39, 0.29) is 23.1 Å². The monoisotopic (exact) mass is 352 g/mol. The van der Waals surface area contributed by atoms with Crippen LogP contribution >= 0.6 is 23.4 Å². The molecule has 2 N–H and O–H groups in total. The fourth-order valence-corrected chi connectivity index (χ4v) is 5.11. The summed E-state index contributed by atoms with van der Waals surface area (Å²) < 4.78 is 0. The molecule has 0 bridgehead atoms. The van der Waals surface area contributed by atoms with Crippen molar-refractivity contribution in [3.8, 4) is 0 Å². The van der Waals surface area contributed by atoms with E-state index in [0.29, 0.717) is 23.9 Å². The Bertz CT molecular complexity index is 646. The van der Waals surface area contributed by atoms with Gasteiger partial charge >= 0.3 is 0 Å². The average Bonchev–Trinajstić information content (AvgIpc) is 2.83. The van der Waals surface area contributed by atoms with Gasteiger partial charge in [-0.2, -0.15) is 0 Å². The molecule has 2 amide bonds. The number of hydrogen-bond donors (Lipinski definition) is 1. The zero-order valence-corrected chi connectivity index (χ0v) is 14.9. The lowest BCUT2D eigenvalue weighted by Crippen LogP contribution is -2.59. The van der Waals surface area contributed by atoms with Crippen LogP contribution in [0.5, 0.6) is 0 Å². The van der Waals surface area contributed by atoms with Gasteiger partial charge in [-0.1, -0.05) is 25.4 Å². The van der Waals surface area contributed by atoms with Crippen molar-refractivity contribution in [1.82, 2.24) is 4.90 Å². The van der Waals surface area contributed by atoms with E-state index in [1.54, 1.807) is 0 Å². The van der Waals surface area contributed by atoms with Crippen LogP contribution in [-0.4, -0.2) is 35.6 Å². The standard InChI is InChI=1S/C17H21ClN2O2S/c1-16(2)9-17(15(19)22)10-20(7-13(16)17)14(21)8-23-12-5-3-11(18)4-6-12/h3-6,13H,7-10H2,1-2H3,(H2,19,22)/t13-,17+/m1/s1. The summed E-state index contributed by atoms with van der Waals surface area (Å²) in [5.41, 5.74) is 5.21. The summed E-state index contributed by atoms with van der Waals surface area (Å²) in [7, 11) is 0. The fraction of sp³-hybridized carbons (Fsp3) is 0.529. The number of fused-ring (bicyclic) bond motifs is 1. The van der Waals surface area contributed by atoms with Crippen LogP contribution in [-0.2, 0) is 9.59 Å². The summed E-state index contributed by atoms with van der Waals surface area (Å²) in [5.74, 6) is 0.346. The summed E-state index contributed by atoms with van der Waals surface area (Å²) in [6.07, 6.45) is 0.772. The lowest BCUT2D eigenvalue weighted by Gasteiger charge is -2.54. The van der Waals surface area contributed by atoms with Crippen LogP contribution in [0.2, 0.25) is 5.02 Å². The number of halogens is 1. The molecule has 1 saturated carbocycles. The van der Waals surface area contributed by atoms with Gasteiger partial charge in [0.25, 0.3) is 0 Å². The number of amides is 2. The third-order valence-corrected chi connectivity index (χ3v) is 6.53. The van der Waals surface area contributed by atoms with E-state index < -0.39 is 5.41 Å². The van der Waals surface area contributed by atoms with E-state index >= 15 is 0 Å². The third-order valence-electron chi connectivity index (χ3n) is 5.28. The number of nitrogens with zero attached hydrogens (tertiary/aromatic N) is 1. The Morgan fingerprint density at radius 3 is 2.52 bits per heavy atom. The Hall–Kier alpha value is -1.20. The van der Waals surface area contributed by atoms with Crippen molar-refractivity contribution in [3.05, 3.63) is 29.3 Å². The lowest BCUT2D eigenvalue weighted by molar-refractivity contribution is -0.148. The van der Waals surface area contributed by atoms with Crippen LogP contribution in [0, 0.1) is 16.7 Å². The molecular formula is C17H21ClN2O2S. The van der Waals surface area contributed by atoms with Crippen LogP contribution in [0.25, 0.3) is 0 Å². The van der Waals surface area contributed by atoms with Crippen LogP contribution in [0.1, 0.15) is 20.3 Å². The molecule has 3 rings (SSSR count). The highest BCUT2D eigenvalue weighted by atomic mass is 35.5. The summed E-state index contributed by atoms with van der Waals surface area (Å²) in [5, 5.41) is 0.683. The molecule has 0 aromatic heterocycles. The Kier molecular flexibility index (Phi) is 4.13. The van der Waals surface area contributed by atoms with E-state index in [1.165, 1.54) is 11.8 Å². The molecule has 23 heavy (non-hydrogen) atoms. The minimum absolute atomic E-state index is 0.0655. The number of carbonyl (C=O) groups is 2. The molecule has 124 valence electrons. The van der Waals surface area contributed by atoms with Crippen molar-refractivity contribution in [2.24, 2.45) is 22.5 Å². The molecular weight excluding hydrogens is 332 g/mol.